The van der Waals surface area contributed by atoms with E-state index < -0.39 is 18.5 Å². The van der Waals surface area contributed by atoms with Gasteiger partial charge in [0.05, 0.1) is 6.61 Å². The Morgan fingerprint density at radius 1 is 1.65 bits per heavy atom. The summed E-state index contributed by atoms with van der Waals surface area (Å²) >= 11 is 10.2. The number of nitrogens with zero attached hydrogens (tertiary/aromatic N) is 1. The lowest BCUT2D eigenvalue weighted by Crippen LogP contribution is -2.21. The molecular formula is C10H13FN2O2S2. The highest BCUT2D eigenvalue weighted by Crippen LogP contribution is 2.30. The lowest BCUT2D eigenvalue weighted by Gasteiger charge is -2.16. The summed E-state index contributed by atoms with van der Waals surface area (Å²) in [5.74, 6) is 0. The van der Waals surface area contributed by atoms with Crippen molar-refractivity contribution in [2.75, 3.05) is 6.61 Å². The van der Waals surface area contributed by atoms with Crippen molar-refractivity contribution in [1.82, 2.24) is 9.55 Å². The Kier molecular flexibility index (Phi) is 3.72. The zero-order valence-corrected chi connectivity index (χ0v) is 10.9. The van der Waals surface area contributed by atoms with E-state index in [1.54, 1.807) is 10.8 Å². The first kappa shape index (κ1) is 12.8. The van der Waals surface area contributed by atoms with Crippen molar-refractivity contribution in [3.63, 3.8) is 0 Å². The summed E-state index contributed by atoms with van der Waals surface area (Å²) in [6.07, 6.45) is -0.497. The van der Waals surface area contributed by atoms with Crippen LogP contribution in [0.4, 0.5) is 4.39 Å². The Labute approximate surface area is 108 Å². The van der Waals surface area contributed by atoms with E-state index >= 15 is 0 Å². The summed E-state index contributed by atoms with van der Waals surface area (Å²) in [7, 11) is 0. The van der Waals surface area contributed by atoms with Gasteiger partial charge in [0.25, 0.3) is 0 Å². The SMILES string of the molecule is Cc1cn([C@H]2C[C@H](F)[C@@H](CO)O2)c(=S)[nH]c1=S. The highest BCUT2D eigenvalue weighted by molar-refractivity contribution is 7.72. The van der Waals surface area contributed by atoms with Gasteiger partial charge in [0.2, 0.25) is 0 Å². The lowest BCUT2D eigenvalue weighted by molar-refractivity contribution is -0.0349. The monoisotopic (exact) mass is 276 g/mol. The minimum absolute atomic E-state index is 0.184. The molecule has 2 rings (SSSR count). The molecule has 1 fully saturated rings. The molecule has 2 N–H and O–H groups in total. The zero-order valence-electron chi connectivity index (χ0n) is 9.22. The Hall–Kier alpha value is -0.630. The number of aromatic amines is 1. The molecule has 0 saturated carbocycles. The number of aliphatic hydroxyl groups is 1. The van der Waals surface area contributed by atoms with Gasteiger partial charge in [0.1, 0.15) is 23.1 Å². The molecule has 0 bridgehead atoms. The zero-order chi connectivity index (χ0) is 12.6. The summed E-state index contributed by atoms with van der Waals surface area (Å²) in [4.78, 5) is 2.86. The second kappa shape index (κ2) is 4.93. The number of aliphatic hydroxyl groups excluding tert-OH is 1. The number of H-pyrrole nitrogens is 1. The largest absolute Gasteiger partial charge is 0.394 e. The van der Waals surface area contributed by atoms with Crippen LogP contribution in [0.15, 0.2) is 6.20 Å². The summed E-state index contributed by atoms with van der Waals surface area (Å²) in [5.41, 5.74) is 0.847. The van der Waals surface area contributed by atoms with Crippen molar-refractivity contribution < 1.29 is 14.2 Å². The number of alkyl halides is 1. The van der Waals surface area contributed by atoms with E-state index in [4.69, 9.17) is 34.3 Å². The van der Waals surface area contributed by atoms with Crippen molar-refractivity contribution >= 4 is 24.4 Å². The van der Waals surface area contributed by atoms with Crippen LogP contribution in [0.1, 0.15) is 18.2 Å². The number of rotatable bonds is 2. The van der Waals surface area contributed by atoms with Crippen LogP contribution in [0.3, 0.4) is 0 Å². The van der Waals surface area contributed by atoms with Crippen molar-refractivity contribution in [3.05, 3.63) is 21.2 Å². The van der Waals surface area contributed by atoms with Crippen LogP contribution in [0, 0.1) is 16.3 Å². The number of halogens is 1. The molecule has 1 aromatic heterocycles. The minimum Gasteiger partial charge on any atom is -0.394 e. The smallest absolute Gasteiger partial charge is 0.180 e. The molecule has 4 nitrogen and oxygen atoms in total. The Bertz CT molecular complexity index is 528. The van der Waals surface area contributed by atoms with Gasteiger partial charge in [-0.05, 0) is 19.1 Å². The van der Waals surface area contributed by atoms with Crippen molar-refractivity contribution in [2.45, 2.75) is 31.8 Å². The third-order valence-corrected chi connectivity index (χ3v) is 3.54. The standard InChI is InChI=1S/C10H13FN2O2S2/c1-5-3-13(10(17)12-9(5)16)8-2-6(11)7(4-14)15-8/h3,6-8,14H,2,4H2,1H3,(H,12,16,17)/t6-,7+,8+/m0/s1. The average molecular weight is 276 g/mol. The molecular weight excluding hydrogens is 263 g/mol. The van der Waals surface area contributed by atoms with Crippen molar-refractivity contribution in [3.8, 4) is 0 Å². The second-order valence-corrected chi connectivity index (χ2v) is 4.84. The molecule has 0 aliphatic carbocycles. The topological polar surface area (TPSA) is 50.2 Å². The fraction of sp³-hybridized carbons (Fsp3) is 0.600. The fourth-order valence-corrected chi connectivity index (χ4v) is 2.31. The van der Waals surface area contributed by atoms with Crippen LogP contribution in [0.2, 0.25) is 0 Å². The molecule has 17 heavy (non-hydrogen) atoms. The van der Waals surface area contributed by atoms with E-state index in [1.165, 1.54) is 0 Å². The maximum Gasteiger partial charge on any atom is 0.180 e. The van der Waals surface area contributed by atoms with Gasteiger partial charge in [0.15, 0.2) is 4.77 Å². The lowest BCUT2D eigenvalue weighted by atomic mass is 10.2. The normalized spacial score (nSPS) is 28.5. The van der Waals surface area contributed by atoms with Gasteiger partial charge in [-0.2, -0.15) is 0 Å². The van der Waals surface area contributed by atoms with E-state index in [1.807, 2.05) is 6.92 Å². The summed E-state index contributed by atoms with van der Waals surface area (Å²) in [6, 6.07) is 0. The molecule has 94 valence electrons. The molecule has 0 unspecified atom stereocenters. The van der Waals surface area contributed by atoms with Crippen molar-refractivity contribution in [1.29, 1.82) is 0 Å². The van der Waals surface area contributed by atoms with Crippen LogP contribution in [-0.4, -0.2) is 33.5 Å². The van der Waals surface area contributed by atoms with E-state index in [2.05, 4.69) is 4.98 Å². The molecule has 1 aromatic rings. The van der Waals surface area contributed by atoms with E-state index in [-0.39, 0.29) is 13.0 Å². The maximum absolute atomic E-state index is 13.5. The van der Waals surface area contributed by atoms with Gasteiger partial charge in [-0.15, -0.1) is 0 Å². The van der Waals surface area contributed by atoms with Crippen LogP contribution >= 0.6 is 24.4 Å². The number of ether oxygens (including phenoxy) is 1. The summed E-state index contributed by atoms with van der Waals surface area (Å²) in [5, 5.41) is 8.94. The van der Waals surface area contributed by atoms with E-state index in [0.717, 1.165) is 5.56 Å². The molecule has 1 saturated heterocycles. The van der Waals surface area contributed by atoms with Crippen LogP contribution < -0.4 is 0 Å². The predicted molar refractivity (Wildman–Crippen MR) is 65.7 cm³/mol. The quantitative estimate of drug-likeness (QED) is 0.813. The molecule has 0 amide bonds. The van der Waals surface area contributed by atoms with Gasteiger partial charge in [-0.25, -0.2) is 4.39 Å². The Morgan fingerprint density at radius 3 is 2.94 bits per heavy atom. The summed E-state index contributed by atoms with van der Waals surface area (Å²) < 4.78 is 21.5. The maximum atomic E-state index is 13.5. The number of hydrogen-bond acceptors (Lipinski definition) is 4. The van der Waals surface area contributed by atoms with Crippen molar-refractivity contribution in [2.24, 2.45) is 0 Å². The first-order valence-corrected chi connectivity index (χ1v) is 6.07. The number of nitrogens with one attached hydrogen (secondary N) is 1. The number of aryl methyl sites for hydroxylation is 1. The average Bonchev–Trinajstić information content (AvgIpc) is 2.65. The molecule has 3 atom stereocenters. The molecule has 2 heterocycles. The number of hydrogen-bond donors (Lipinski definition) is 2. The second-order valence-electron chi connectivity index (χ2n) is 4.04. The minimum atomic E-state index is -1.17. The van der Waals surface area contributed by atoms with Gasteiger partial charge in [0, 0.05) is 18.2 Å². The van der Waals surface area contributed by atoms with Crippen LogP contribution in [-0.2, 0) is 4.74 Å². The van der Waals surface area contributed by atoms with Gasteiger partial charge < -0.3 is 14.8 Å². The molecule has 0 radical (unpaired) electrons. The molecule has 1 aliphatic rings. The van der Waals surface area contributed by atoms with E-state index in [0.29, 0.717) is 9.41 Å². The molecule has 7 heteroatoms. The fourth-order valence-electron chi connectivity index (χ4n) is 1.82. The third kappa shape index (κ3) is 2.47. The first-order chi connectivity index (χ1) is 8.02. The first-order valence-electron chi connectivity index (χ1n) is 5.25. The molecule has 1 aliphatic heterocycles. The van der Waals surface area contributed by atoms with Gasteiger partial charge >= 0.3 is 0 Å². The Balaban J connectivity index is 2.34. The van der Waals surface area contributed by atoms with Crippen LogP contribution in [0.5, 0.6) is 0 Å². The summed E-state index contributed by atoms with van der Waals surface area (Å²) in [6.45, 7) is 1.52. The molecule has 0 spiro atoms. The number of aromatic nitrogens is 2. The van der Waals surface area contributed by atoms with Gasteiger partial charge in [-0.3, -0.25) is 4.57 Å². The third-order valence-electron chi connectivity index (χ3n) is 2.80. The Morgan fingerprint density at radius 2 is 2.35 bits per heavy atom. The highest BCUT2D eigenvalue weighted by Gasteiger charge is 2.35. The molecule has 0 aromatic carbocycles. The predicted octanol–water partition coefficient (Wildman–Crippen LogP) is 2.20. The highest BCUT2D eigenvalue weighted by atomic mass is 32.1. The van der Waals surface area contributed by atoms with Gasteiger partial charge in [-0.1, -0.05) is 12.2 Å². The van der Waals surface area contributed by atoms with E-state index in [9.17, 15) is 4.39 Å². The van der Waals surface area contributed by atoms with Crippen LogP contribution in [0.25, 0.3) is 0 Å².